The smallest absolute Gasteiger partial charge is 0.266 e. The van der Waals surface area contributed by atoms with Crippen molar-refractivity contribution in [3.63, 3.8) is 0 Å². The SMILES string of the molecule is N#Cc1ccc2ncc(-c3cccc(NC4CCN(CCCCCOCCOCCCCCNC(=O)COc5cccc6c5C(=O)N(C5CCC(=O)NC5=O)C6=O)C4)n3)n2c1. The molecular weight excluding hydrogens is 783 g/mol. The van der Waals surface area contributed by atoms with Crippen LogP contribution in [0.1, 0.15) is 84.1 Å². The van der Waals surface area contributed by atoms with E-state index < -0.39 is 29.7 Å². The average molecular weight is 834 g/mol. The Kier molecular flexibility index (Phi) is 14.7. The molecule has 0 radical (unpaired) electrons. The van der Waals surface area contributed by atoms with Gasteiger partial charge in [-0.2, -0.15) is 5.26 Å². The van der Waals surface area contributed by atoms with E-state index >= 15 is 0 Å². The summed E-state index contributed by atoms with van der Waals surface area (Å²) in [4.78, 5) is 75.2. The van der Waals surface area contributed by atoms with Crippen LogP contribution >= 0.6 is 0 Å². The van der Waals surface area contributed by atoms with Crippen LogP contribution in [0, 0.1) is 11.3 Å². The molecule has 61 heavy (non-hydrogen) atoms. The molecule has 2 atom stereocenters. The van der Waals surface area contributed by atoms with Crippen molar-refractivity contribution in [3.8, 4) is 23.2 Å². The molecule has 2 unspecified atom stereocenters. The zero-order valence-corrected chi connectivity index (χ0v) is 34.1. The highest BCUT2D eigenvalue weighted by Gasteiger charge is 2.46. The van der Waals surface area contributed by atoms with Gasteiger partial charge in [0.1, 0.15) is 29.3 Å². The lowest BCUT2D eigenvalue weighted by Crippen LogP contribution is -2.54. The molecule has 4 aromatic rings. The molecule has 0 saturated carbocycles. The van der Waals surface area contributed by atoms with Gasteiger partial charge >= 0.3 is 0 Å². The standard InChI is InChI=1S/C44H51N9O8/c45-25-30-13-15-38-47-26-35(52(38)27-30)33-10-8-12-37(49-33)48-31-17-20-51(28-31)19-4-2-6-22-60-24-23-59-21-5-1-3-18-46-40(55)29-61-36-11-7-9-32-41(36)44(58)53(43(32)57)34-14-16-39(54)50-42(34)56/h7-13,15,26-27,31,34H,1-6,14,16-24,28-29H2,(H,46,55)(H,48,49)(H,50,54,56). The number of aromatic nitrogens is 3. The zero-order valence-electron chi connectivity index (χ0n) is 34.1. The average Bonchev–Trinajstić information content (AvgIpc) is 3.97. The summed E-state index contributed by atoms with van der Waals surface area (Å²) in [7, 11) is 0. The number of ether oxygens (including phenoxy) is 3. The number of hydrogen-bond donors (Lipinski definition) is 3. The fourth-order valence-electron chi connectivity index (χ4n) is 7.83. The van der Waals surface area contributed by atoms with E-state index in [0.717, 1.165) is 92.3 Å². The van der Waals surface area contributed by atoms with Gasteiger partial charge in [-0.1, -0.05) is 12.1 Å². The highest BCUT2D eigenvalue weighted by molar-refractivity contribution is 6.24. The van der Waals surface area contributed by atoms with Gasteiger partial charge in [0.15, 0.2) is 6.61 Å². The first-order valence-corrected chi connectivity index (χ1v) is 21.0. The maximum Gasteiger partial charge on any atom is 0.266 e. The zero-order chi connectivity index (χ0) is 42.6. The normalized spacial score (nSPS) is 17.7. The van der Waals surface area contributed by atoms with Gasteiger partial charge in [-0.3, -0.25) is 38.6 Å². The first-order chi connectivity index (χ1) is 29.8. The summed E-state index contributed by atoms with van der Waals surface area (Å²) in [5, 5.41) is 17.9. The van der Waals surface area contributed by atoms with Crippen LogP contribution in [-0.2, 0) is 23.9 Å². The van der Waals surface area contributed by atoms with Crippen molar-refractivity contribution in [1.29, 1.82) is 5.26 Å². The van der Waals surface area contributed by atoms with Crippen molar-refractivity contribution in [2.75, 3.05) is 64.5 Å². The molecule has 320 valence electrons. The van der Waals surface area contributed by atoms with Gasteiger partial charge < -0.3 is 29.7 Å². The maximum absolute atomic E-state index is 13.2. The summed E-state index contributed by atoms with van der Waals surface area (Å²) in [6, 6.07) is 15.5. The molecule has 3 N–H and O–H groups in total. The second-order valence-electron chi connectivity index (χ2n) is 15.4. The van der Waals surface area contributed by atoms with E-state index in [4.69, 9.17) is 19.2 Å². The lowest BCUT2D eigenvalue weighted by molar-refractivity contribution is -0.136. The fraction of sp³-hybridized carbons (Fsp3) is 0.455. The van der Waals surface area contributed by atoms with Crippen LogP contribution in [0.15, 0.2) is 60.9 Å². The minimum Gasteiger partial charge on any atom is -0.483 e. The number of piperidine rings is 1. The van der Waals surface area contributed by atoms with E-state index in [1.54, 1.807) is 24.5 Å². The Morgan fingerprint density at radius 3 is 2.51 bits per heavy atom. The molecule has 3 aromatic heterocycles. The van der Waals surface area contributed by atoms with Crippen LogP contribution in [0.2, 0.25) is 0 Å². The number of rotatable bonds is 22. The van der Waals surface area contributed by atoms with Crippen LogP contribution in [0.25, 0.3) is 17.0 Å². The van der Waals surface area contributed by atoms with Crippen molar-refractivity contribution in [2.45, 2.75) is 69.9 Å². The molecule has 1 aromatic carbocycles. The third kappa shape index (κ3) is 10.9. The summed E-state index contributed by atoms with van der Waals surface area (Å²) in [6.07, 6.45) is 10.4. The maximum atomic E-state index is 13.2. The number of carbonyl (C=O) groups is 5. The van der Waals surface area contributed by atoms with Crippen LogP contribution in [-0.4, -0.2) is 125 Å². The van der Waals surface area contributed by atoms with E-state index in [-0.39, 0.29) is 42.2 Å². The van der Waals surface area contributed by atoms with E-state index in [2.05, 4.69) is 31.9 Å². The largest absolute Gasteiger partial charge is 0.483 e. The second kappa shape index (κ2) is 20.8. The van der Waals surface area contributed by atoms with Crippen molar-refractivity contribution in [3.05, 3.63) is 77.6 Å². The number of nitrogens with zero attached hydrogens (tertiary/aromatic N) is 6. The fourth-order valence-corrected chi connectivity index (χ4v) is 7.83. The van der Waals surface area contributed by atoms with Crippen molar-refractivity contribution < 1.29 is 38.2 Å². The van der Waals surface area contributed by atoms with Gasteiger partial charge in [-0.15, -0.1) is 0 Å². The van der Waals surface area contributed by atoms with Gasteiger partial charge in [0.05, 0.1) is 47.5 Å². The molecule has 17 nitrogen and oxygen atoms in total. The summed E-state index contributed by atoms with van der Waals surface area (Å²) in [5.74, 6) is -1.91. The number of fused-ring (bicyclic) bond motifs is 2. The molecule has 2 saturated heterocycles. The van der Waals surface area contributed by atoms with Gasteiger partial charge in [-0.25, -0.2) is 9.97 Å². The molecular formula is C44H51N9O8. The molecule has 2 fully saturated rings. The third-order valence-electron chi connectivity index (χ3n) is 11.0. The van der Waals surface area contributed by atoms with Crippen molar-refractivity contribution in [2.24, 2.45) is 0 Å². The molecule has 0 spiro atoms. The first-order valence-electron chi connectivity index (χ1n) is 21.0. The number of benzene rings is 1. The highest BCUT2D eigenvalue weighted by atomic mass is 16.5. The Morgan fingerprint density at radius 1 is 0.902 bits per heavy atom. The van der Waals surface area contributed by atoms with Gasteiger partial charge in [0.2, 0.25) is 11.8 Å². The van der Waals surface area contributed by atoms with Crippen LogP contribution in [0.5, 0.6) is 5.75 Å². The molecule has 7 rings (SSSR count). The molecule has 17 heteroatoms. The Bertz CT molecular complexity index is 2270. The number of nitrogens with one attached hydrogen (secondary N) is 3. The number of likely N-dealkylation sites (tertiary alicyclic amines) is 1. The topological polar surface area (TPSA) is 210 Å². The number of carbonyl (C=O) groups excluding carboxylic acids is 5. The highest BCUT2D eigenvalue weighted by Crippen LogP contribution is 2.33. The molecule has 0 aliphatic carbocycles. The van der Waals surface area contributed by atoms with E-state index in [1.807, 2.05) is 28.7 Å². The lowest BCUT2D eigenvalue weighted by atomic mass is 10.0. The second-order valence-corrected chi connectivity index (χ2v) is 15.4. The quantitative estimate of drug-likeness (QED) is 0.0763. The predicted octanol–water partition coefficient (Wildman–Crippen LogP) is 3.72. The Morgan fingerprint density at radius 2 is 1.70 bits per heavy atom. The summed E-state index contributed by atoms with van der Waals surface area (Å²) in [5.41, 5.74) is 3.09. The number of imidazole rings is 1. The van der Waals surface area contributed by atoms with Crippen LogP contribution < -0.4 is 20.7 Å². The number of imide groups is 2. The first kappa shape index (κ1) is 42.9. The molecule has 0 bridgehead atoms. The molecule has 3 aliphatic heterocycles. The Labute approximate surface area is 353 Å². The number of nitriles is 1. The number of unbranched alkanes of at least 4 members (excludes halogenated alkanes) is 4. The third-order valence-corrected chi connectivity index (χ3v) is 11.0. The monoisotopic (exact) mass is 833 g/mol. The van der Waals surface area contributed by atoms with E-state index in [1.165, 1.54) is 12.1 Å². The van der Waals surface area contributed by atoms with Gasteiger partial charge in [0, 0.05) is 51.5 Å². The van der Waals surface area contributed by atoms with Crippen molar-refractivity contribution in [1.82, 2.24) is 34.8 Å². The molecule has 3 aliphatic rings. The minimum atomic E-state index is -1.08. The molecule has 6 heterocycles. The van der Waals surface area contributed by atoms with Crippen molar-refractivity contribution >= 4 is 41.0 Å². The van der Waals surface area contributed by atoms with Crippen LogP contribution in [0.4, 0.5) is 5.82 Å². The summed E-state index contributed by atoms with van der Waals surface area (Å²) < 4.78 is 19.0. The number of pyridine rings is 2. The number of anilines is 1. The van der Waals surface area contributed by atoms with E-state index in [0.29, 0.717) is 44.6 Å². The number of amides is 5. The Hall–Kier alpha value is -6.22. The van der Waals surface area contributed by atoms with Gasteiger partial charge in [-0.05, 0) is 94.3 Å². The Balaban J connectivity index is 0.674. The number of hydrogen-bond acceptors (Lipinski definition) is 13. The minimum absolute atomic E-state index is 0.00437. The van der Waals surface area contributed by atoms with Gasteiger partial charge in [0.25, 0.3) is 17.7 Å². The van der Waals surface area contributed by atoms with E-state index in [9.17, 15) is 29.2 Å². The molecule has 5 amide bonds. The van der Waals surface area contributed by atoms with Crippen LogP contribution in [0.3, 0.4) is 0 Å². The summed E-state index contributed by atoms with van der Waals surface area (Å²) >= 11 is 0. The summed E-state index contributed by atoms with van der Waals surface area (Å²) in [6.45, 7) is 5.63. The lowest BCUT2D eigenvalue weighted by Gasteiger charge is -2.27. The predicted molar refractivity (Wildman–Crippen MR) is 223 cm³/mol.